The van der Waals surface area contributed by atoms with Crippen LogP contribution in [0.5, 0.6) is 5.75 Å². The minimum Gasteiger partial charge on any atom is -0.487 e. The first-order valence-corrected chi connectivity index (χ1v) is 17.6. The lowest BCUT2D eigenvalue weighted by Gasteiger charge is -2.25. The van der Waals surface area contributed by atoms with Crippen LogP contribution in [-0.2, 0) is 26.0 Å². The van der Waals surface area contributed by atoms with Gasteiger partial charge in [0.25, 0.3) is 10.0 Å². The first-order valence-electron chi connectivity index (χ1n) is 16.1. The Bertz CT molecular complexity index is 1810. The van der Waals surface area contributed by atoms with E-state index in [0.29, 0.717) is 36.9 Å². The van der Waals surface area contributed by atoms with Gasteiger partial charge in [0, 0.05) is 31.5 Å². The second-order valence-corrected chi connectivity index (χ2v) is 14.7. The van der Waals surface area contributed by atoms with Gasteiger partial charge in [-0.05, 0) is 92.8 Å². The quantitative estimate of drug-likeness (QED) is 0.0913. The van der Waals surface area contributed by atoms with Gasteiger partial charge < -0.3 is 14.6 Å². The molecular weight excluding hydrogens is 632 g/mol. The minimum absolute atomic E-state index is 0.104. The van der Waals surface area contributed by atoms with Gasteiger partial charge >= 0.3 is 12.1 Å². The maximum absolute atomic E-state index is 13.2. The zero-order chi connectivity index (χ0) is 34.8. The number of carbonyl (C=O) groups excluding carboxylic acids is 1. The van der Waals surface area contributed by atoms with Gasteiger partial charge in [0.15, 0.2) is 0 Å². The lowest BCUT2D eigenvalue weighted by molar-refractivity contribution is -0.142. The van der Waals surface area contributed by atoms with Crippen LogP contribution in [0.1, 0.15) is 72.4 Å². The maximum Gasteiger partial charge on any atom is 0.410 e. The number of fused-ring (bicyclic) bond motifs is 4. The third kappa shape index (κ3) is 7.05. The number of hydrazine groups is 1. The van der Waals surface area contributed by atoms with Crippen molar-refractivity contribution < 1.29 is 32.6 Å². The molecule has 48 heavy (non-hydrogen) atoms. The molecule has 0 spiro atoms. The zero-order valence-electron chi connectivity index (χ0n) is 28.3. The number of ether oxygens (including phenoxy) is 2. The summed E-state index contributed by atoms with van der Waals surface area (Å²) in [5.74, 6) is -0.479. The lowest BCUT2D eigenvalue weighted by atomic mass is 9.94. The van der Waals surface area contributed by atoms with Crippen molar-refractivity contribution in [3.63, 3.8) is 0 Å². The summed E-state index contributed by atoms with van der Waals surface area (Å²) in [7, 11) is -2.46. The van der Waals surface area contributed by atoms with E-state index >= 15 is 0 Å². The van der Waals surface area contributed by atoms with Gasteiger partial charge in [0.1, 0.15) is 24.0 Å². The maximum atomic E-state index is 13.2. The highest BCUT2D eigenvalue weighted by Gasteiger charge is 2.37. The number of amides is 1. The van der Waals surface area contributed by atoms with Gasteiger partial charge in [0.2, 0.25) is 0 Å². The number of aliphatic imine (C=N–C) groups is 1. The summed E-state index contributed by atoms with van der Waals surface area (Å²) in [6.45, 7) is 9.84. The van der Waals surface area contributed by atoms with Crippen LogP contribution in [0.15, 0.2) is 58.4 Å². The molecule has 3 aromatic rings. The van der Waals surface area contributed by atoms with Crippen LogP contribution in [0, 0.1) is 20.8 Å². The monoisotopic (exact) mass is 676 g/mol. The topological polar surface area (TPSA) is 147 Å². The number of unbranched alkanes of at least 4 members (excludes halogenated alkanes) is 1. The van der Waals surface area contributed by atoms with Crippen molar-refractivity contribution in [1.82, 2.24) is 15.2 Å². The van der Waals surface area contributed by atoms with Crippen LogP contribution < -0.4 is 15.0 Å². The molecule has 3 aromatic carbocycles. The van der Waals surface area contributed by atoms with Crippen LogP contribution in [0.2, 0.25) is 0 Å². The molecule has 2 aliphatic rings. The fourth-order valence-electron chi connectivity index (χ4n) is 6.76. The molecule has 1 amide bonds. The average Bonchev–Trinajstić information content (AvgIpc) is 3.55. The Balaban J connectivity index is 1.08. The summed E-state index contributed by atoms with van der Waals surface area (Å²) < 4.78 is 38.2. The van der Waals surface area contributed by atoms with E-state index in [0.717, 1.165) is 44.0 Å². The van der Waals surface area contributed by atoms with E-state index in [1.165, 1.54) is 13.4 Å². The average molecular weight is 677 g/mol. The van der Waals surface area contributed by atoms with Gasteiger partial charge in [-0.15, -0.1) is 4.83 Å². The molecule has 5 rings (SSSR count). The Hall–Kier alpha value is -4.42. The number of rotatable bonds is 13. The molecule has 1 aliphatic heterocycles. The molecular formula is C36H44N4O7S. The number of carboxylic acid groups (broad SMARTS) is 1. The normalized spacial score (nSPS) is 15.4. The smallest absolute Gasteiger partial charge is 0.410 e. The summed E-state index contributed by atoms with van der Waals surface area (Å²) in [4.78, 5) is 32.9. The molecule has 0 bridgehead atoms. The Labute approximate surface area is 282 Å². The van der Waals surface area contributed by atoms with Gasteiger partial charge in [-0.3, -0.25) is 15.3 Å². The number of nitrogens with one attached hydrogen (secondary N) is 2. The highest BCUT2D eigenvalue weighted by atomic mass is 32.2. The van der Waals surface area contributed by atoms with Crippen LogP contribution in [0.4, 0.5) is 4.79 Å². The van der Waals surface area contributed by atoms with E-state index in [-0.39, 0.29) is 23.8 Å². The Morgan fingerprint density at radius 2 is 1.67 bits per heavy atom. The van der Waals surface area contributed by atoms with Crippen molar-refractivity contribution in [3.8, 4) is 16.9 Å². The Kier molecular flexibility index (Phi) is 10.2. The molecule has 0 aromatic heterocycles. The van der Waals surface area contributed by atoms with E-state index in [4.69, 9.17) is 9.47 Å². The van der Waals surface area contributed by atoms with Gasteiger partial charge in [-0.2, -0.15) is 0 Å². The lowest BCUT2D eigenvalue weighted by Crippen LogP contribution is -2.43. The molecule has 3 N–H and O–H groups in total. The molecule has 1 heterocycles. The van der Waals surface area contributed by atoms with Gasteiger partial charge in [-0.25, -0.2) is 18.0 Å². The number of hydrogen-bond donors (Lipinski definition) is 3. The summed E-state index contributed by atoms with van der Waals surface area (Å²) in [5.41, 5.74) is 9.55. The molecule has 11 nitrogen and oxygen atoms in total. The Morgan fingerprint density at radius 3 is 2.29 bits per heavy atom. The van der Waals surface area contributed by atoms with E-state index in [2.05, 4.69) is 27.4 Å². The number of hydrogen-bond acceptors (Lipinski definition) is 7. The standard InChI is InChI=1S/C36H44N4O7S/c1-22-23(2)33(24(3)29-19-36(4,5)47-32(22)29)48(44,45)39-38-21-37-18-12-11-17-31(34(41)42)40(6)35(43)46-20-30-27-15-9-7-13-25(27)26-14-8-10-16-28(26)30/h7-10,13-16,21,30-31,39H,11-12,17-20H2,1-6H3,(H,37,38)(H,41,42)/t31-/m0/s1. The first kappa shape index (κ1) is 34.9. The van der Waals surface area contributed by atoms with E-state index < -0.39 is 33.7 Å². The molecule has 1 atom stereocenters. The highest BCUT2D eigenvalue weighted by molar-refractivity contribution is 7.89. The molecule has 1 aliphatic carbocycles. The fourth-order valence-corrected chi connectivity index (χ4v) is 8.15. The second-order valence-electron chi connectivity index (χ2n) is 13.1. The number of nitrogens with zero attached hydrogens (tertiary/aromatic N) is 2. The van der Waals surface area contributed by atoms with Crippen LogP contribution >= 0.6 is 0 Å². The van der Waals surface area contributed by atoms with E-state index in [1.54, 1.807) is 13.8 Å². The number of carboxylic acids is 1. The third-order valence-electron chi connectivity index (χ3n) is 9.30. The van der Waals surface area contributed by atoms with Gasteiger partial charge in [0.05, 0.1) is 11.2 Å². The SMILES string of the molecule is Cc1c(C)c(S(=O)(=O)NNC=NCCCC[C@@H](C(=O)O)N(C)C(=O)OCC2c3ccccc3-c3ccccc32)c(C)c2c1OC(C)(C)C2. The fraction of sp³-hybridized carbons (Fsp3) is 0.417. The van der Waals surface area contributed by atoms with Crippen LogP contribution in [-0.4, -0.2) is 68.7 Å². The number of carbonyl (C=O) groups is 2. The summed E-state index contributed by atoms with van der Waals surface area (Å²) >= 11 is 0. The van der Waals surface area contributed by atoms with Crippen molar-refractivity contribution >= 4 is 28.4 Å². The zero-order valence-corrected chi connectivity index (χ0v) is 29.1. The van der Waals surface area contributed by atoms with E-state index in [9.17, 15) is 23.1 Å². The van der Waals surface area contributed by atoms with Crippen molar-refractivity contribution in [2.45, 2.75) is 82.8 Å². The first-order chi connectivity index (χ1) is 22.7. The van der Waals surface area contributed by atoms with Crippen molar-refractivity contribution in [3.05, 3.63) is 81.9 Å². The third-order valence-corrected chi connectivity index (χ3v) is 10.8. The summed E-state index contributed by atoms with van der Waals surface area (Å²) in [6.07, 6.45) is 2.42. The molecule has 0 unspecified atom stereocenters. The summed E-state index contributed by atoms with van der Waals surface area (Å²) in [6, 6.07) is 15.0. The minimum atomic E-state index is -3.90. The van der Waals surface area contributed by atoms with Crippen molar-refractivity contribution in [2.75, 3.05) is 20.2 Å². The van der Waals surface area contributed by atoms with Crippen LogP contribution in [0.3, 0.4) is 0 Å². The number of sulfonamides is 1. The molecule has 0 fully saturated rings. The van der Waals surface area contributed by atoms with Crippen LogP contribution in [0.25, 0.3) is 11.1 Å². The highest BCUT2D eigenvalue weighted by Crippen LogP contribution is 2.45. The Morgan fingerprint density at radius 1 is 1.04 bits per heavy atom. The molecule has 256 valence electrons. The van der Waals surface area contributed by atoms with Crippen molar-refractivity contribution in [2.24, 2.45) is 4.99 Å². The van der Waals surface area contributed by atoms with Crippen molar-refractivity contribution in [1.29, 1.82) is 0 Å². The number of likely N-dealkylation sites (N-methyl/N-ethyl adjacent to an activating group) is 1. The predicted molar refractivity (Wildman–Crippen MR) is 184 cm³/mol. The molecule has 0 saturated carbocycles. The molecule has 0 radical (unpaired) electrons. The van der Waals surface area contributed by atoms with E-state index in [1.807, 2.05) is 57.2 Å². The molecule has 0 saturated heterocycles. The second kappa shape index (κ2) is 14.0. The molecule has 12 heteroatoms. The number of benzene rings is 3. The largest absolute Gasteiger partial charge is 0.487 e. The predicted octanol–water partition coefficient (Wildman–Crippen LogP) is 5.64. The van der Waals surface area contributed by atoms with Gasteiger partial charge in [-0.1, -0.05) is 48.5 Å². The number of aliphatic carboxylic acids is 1. The summed E-state index contributed by atoms with van der Waals surface area (Å²) in [5, 5.41) is 9.85.